The van der Waals surface area contributed by atoms with Crippen molar-refractivity contribution in [1.82, 2.24) is 15.6 Å². The van der Waals surface area contributed by atoms with E-state index in [1.54, 1.807) is 12.5 Å². The molecule has 1 aliphatic carbocycles. The van der Waals surface area contributed by atoms with Gasteiger partial charge in [0.15, 0.2) is 5.58 Å². The third-order valence-corrected chi connectivity index (χ3v) is 5.25. The Balaban J connectivity index is 1.37. The first kappa shape index (κ1) is 13.4. The molecule has 0 unspecified atom stereocenters. The maximum atomic E-state index is 12.5. The number of rotatable bonds is 4. The van der Waals surface area contributed by atoms with Crippen LogP contribution in [0.1, 0.15) is 42.6 Å². The minimum Gasteiger partial charge on any atom is -0.460 e. The van der Waals surface area contributed by atoms with Crippen LogP contribution in [0.3, 0.4) is 0 Å². The first-order chi connectivity index (χ1) is 11.3. The number of nitrogens with zero attached hydrogens (tertiary/aromatic N) is 1. The van der Waals surface area contributed by atoms with Crippen molar-refractivity contribution >= 4 is 22.6 Å². The van der Waals surface area contributed by atoms with E-state index in [0.717, 1.165) is 23.9 Å². The third kappa shape index (κ3) is 2.37. The van der Waals surface area contributed by atoms with Crippen LogP contribution in [0.25, 0.3) is 11.0 Å². The Kier molecular flexibility index (Phi) is 2.88. The molecule has 6 heteroatoms. The molecule has 3 aliphatic rings. The lowest BCUT2D eigenvalue weighted by atomic mass is 9.95. The molecule has 3 fully saturated rings. The van der Waals surface area contributed by atoms with Crippen molar-refractivity contribution in [2.75, 3.05) is 5.32 Å². The van der Waals surface area contributed by atoms with E-state index in [9.17, 15) is 4.79 Å². The van der Waals surface area contributed by atoms with Crippen LogP contribution >= 0.6 is 0 Å². The predicted molar refractivity (Wildman–Crippen MR) is 86.5 cm³/mol. The molecule has 2 aliphatic heterocycles. The highest BCUT2D eigenvalue weighted by molar-refractivity contribution is 5.99. The molecule has 6 nitrogen and oxygen atoms in total. The Morgan fingerprint density at radius 1 is 1.30 bits per heavy atom. The lowest BCUT2D eigenvalue weighted by Gasteiger charge is -2.21. The summed E-state index contributed by atoms with van der Waals surface area (Å²) in [4.78, 5) is 16.8. The van der Waals surface area contributed by atoms with Gasteiger partial charge in [-0.1, -0.05) is 0 Å². The number of furan rings is 1. The molecule has 0 aromatic carbocycles. The maximum absolute atomic E-state index is 12.5. The zero-order valence-corrected chi connectivity index (χ0v) is 12.8. The molecule has 120 valence electrons. The molecule has 2 bridgehead atoms. The van der Waals surface area contributed by atoms with Gasteiger partial charge in [-0.15, -0.1) is 0 Å². The van der Waals surface area contributed by atoms with Gasteiger partial charge in [0.05, 0.1) is 11.9 Å². The largest absolute Gasteiger partial charge is 0.460 e. The van der Waals surface area contributed by atoms with Crippen LogP contribution in [0.2, 0.25) is 0 Å². The molecule has 2 aromatic heterocycles. The van der Waals surface area contributed by atoms with Crippen molar-refractivity contribution in [1.29, 1.82) is 0 Å². The molecular formula is C17H20N4O2. The number of nitrogens with one attached hydrogen (secondary N) is 3. The molecule has 3 atom stereocenters. The van der Waals surface area contributed by atoms with E-state index < -0.39 is 0 Å². The number of pyridine rings is 1. The van der Waals surface area contributed by atoms with E-state index in [4.69, 9.17) is 4.42 Å². The van der Waals surface area contributed by atoms with Crippen LogP contribution in [0.5, 0.6) is 0 Å². The normalized spacial score (nSPS) is 29.1. The van der Waals surface area contributed by atoms with Crippen LogP contribution in [0.4, 0.5) is 5.69 Å². The van der Waals surface area contributed by atoms with Gasteiger partial charge < -0.3 is 20.4 Å². The van der Waals surface area contributed by atoms with Gasteiger partial charge in [-0.05, 0) is 38.2 Å². The number of hydrogen-bond donors (Lipinski definition) is 3. The van der Waals surface area contributed by atoms with Gasteiger partial charge in [0.25, 0.3) is 5.91 Å². The van der Waals surface area contributed by atoms with Crippen molar-refractivity contribution in [2.45, 2.75) is 56.3 Å². The third-order valence-electron chi connectivity index (χ3n) is 5.25. The highest BCUT2D eigenvalue weighted by Crippen LogP contribution is 2.32. The quantitative estimate of drug-likeness (QED) is 0.805. The Bertz CT molecular complexity index is 767. The standard InChI is InChI=1S/C17H20N4O2/c22-17(21-13-5-10-3-4-12(13)20-10)14-6-11-15(19-9-1-2-9)8-23-16(11)7-18-14/h6-10,12-13,19-20H,1-5H2,(H,21,22)/t10-,12+,13-/m1/s1. The number of anilines is 1. The van der Waals surface area contributed by atoms with Gasteiger partial charge >= 0.3 is 0 Å². The number of fused-ring (bicyclic) bond motifs is 3. The summed E-state index contributed by atoms with van der Waals surface area (Å²) in [5, 5.41) is 11.0. The SMILES string of the molecule is O=C(N[C@@H]1C[C@H]2CC[C@@H]1N2)c1cc2c(NC3CC3)coc2cn1. The van der Waals surface area contributed by atoms with Crippen molar-refractivity contribution < 1.29 is 9.21 Å². The number of carbonyl (C=O) groups is 1. The van der Waals surface area contributed by atoms with Crippen LogP contribution in [0.15, 0.2) is 22.9 Å². The lowest BCUT2D eigenvalue weighted by Crippen LogP contribution is -2.43. The number of carbonyl (C=O) groups excluding carboxylic acids is 1. The fraction of sp³-hybridized carbons (Fsp3) is 0.529. The Morgan fingerprint density at radius 2 is 2.22 bits per heavy atom. The molecule has 4 heterocycles. The summed E-state index contributed by atoms with van der Waals surface area (Å²) >= 11 is 0. The molecule has 3 N–H and O–H groups in total. The van der Waals surface area contributed by atoms with Gasteiger partial charge in [0.2, 0.25) is 0 Å². The van der Waals surface area contributed by atoms with E-state index in [1.165, 1.54) is 19.3 Å². The zero-order chi connectivity index (χ0) is 15.4. The zero-order valence-electron chi connectivity index (χ0n) is 12.8. The fourth-order valence-corrected chi connectivity index (χ4v) is 3.84. The molecule has 23 heavy (non-hydrogen) atoms. The predicted octanol–water partition coefficient (Wildman–Crippen LogP) is 2.02. The van der Waals surface area contributed by atoms with Crippen molar-refractivity contribution in [3.63, 3.8) is 0 Å². The molecule has 1 amide bonds. The second kappa shape index (κ2) is 4.96. The molecule has 2 aromatic rings. The Hall–Kier alpha value is -2.08. The van der Waals surface area contributed by atoms with Gasteiger partial charge in [0, 0.05) is 29.6 Å². The van der Waals surface area contributed by atoms with Crippen molar-refractivity contribution in [2.24, 2.45) is 0 Å². The van der Waals surface area contributed by atoms with E-state index in [-0.39, 0.29) is 11.9 Å². The summed E-state index contributed by atoms with van der Waals surface area (Å²) in [5.74, 6) is -0.0928. The van der Waals surface area contributed by atoms with E-state index in [2.05, 4.69) is 20.9 Å². The van der Waals surface area contributed by atoms with Gasteiger partial charge in [-0.3, -0.25) is 4.79 Å². The monoisotopic (exact) mass is 312 g/mol. The van der Waals surface area contributed by atoms with Crippen molar-refractivity contribution in [3.8, 4) is 0 Å². The lowest BCUT2D eigenvalue weighted by molar-refractivity contribution is 0.0926. The molecule has 0 spiro atoms. The summed E-state index contributed by atoms with van der Waals surface area (Å²) in [6.07, 6.45) is 9.16. The smallest absolute Gasteiger partial charge is 0.270 e. The van der Waals surface area contributed by atoms with Crippen molar-refractivity contribution in [3.05, 3.63) is 24.2 Å². The molecular weight excluding hydrogens is 292 g/mol. The molecule has 5 rings (SSSR count). The van der Waals surface area contributed by atoms with Crippen LogP contribution in [0, 0.1) is 0 Å². The Labute approximate surface area is 134 Å². The first-order valence-electron chi connectivity index (χ1n) is 8.47. The summed E-state index contributed by atoms with van der Waals surface area (Å²) in [6.45, 7) is 0. The maximum Gasteiger partial charge on any atom is 0.270 e. The number of aromatic nitrogens is 1. The van der Waals surface area contributed by atoms with E-state index >= 15 is 0 Å². The summed E-state index contributed by atoms with van der Waals surface area (Å²) in [6, 6.07) is 3.60. The first-order valence-corrected chi connectivity index (χ1v) is 8.47. The minimum atomic E-state index is -0.0928. The van der Waals surface area contributed by atoms with Gasteiger partial charge in [0.1, 0.15) is 12.0 Å². The highest BCUT2D eigenvalue weighted by Gasteiger charge is 2.39. The van der Waals surface area contributed by atoms with Crippen LogP contribution in [-0.4, -0.2) is 35.1 Å². The van der Waals surface area contributed by atoms with E-state index in [1.807, 2.05) is 6.07 Å². The van der Waals surface area contributed by atoms with E-state index in [0.29, 0.717) is 29.4 Å². The summed E-state index contributed by atoms with van der Waals surface area (Å²) in [7, 11) is 0. The molecule has 0 radical (unpaired) electrons. The molecule has 2 saturated heterocycles. The second-order valence-corrected chi connectivity index (χ2v) is 7.00. The highest BCUT2D eigenvalue weighted by atomic mass is 16.3. The topological polar surface area (TPSA) is 79.2 Å². The summed E-state index contributed by atoms with van der Waals surface area (Å²) in [5.41, 5.74) is 2.13. The molecule has 1 saturated carbocycles. The number of hydrogen-bond acceptors (Lipinski definition) is 5. The van der Waals surface area contributed by atoms with Gasteiger partial charge in [-0.2, -0.15) is 0 Å². The fourth-order valence-electron chi connectivity index (χ4n) is 3.84. The number of amides is 1. The minimum absolute atomic E-state index is 0.0928. The summed E-state index contributed by atoms with van der Waals surface area (Å²) < 4.78 is 5.52. The van der Waals surface area contributed by atoms with Crippen LogP contribution < -0.4 is 16.0 Å². The van der Waals surface area contributed by atoms with Crippen LogP contribution in [-0.2, 0) is 0 Å². The average Bonchev–Trinajstić information content (AvgIpc) is 2.96. The average molecular weight is 312 g/mol. The second-order valence-electron chi connectivity index (χ2n) is 7.00. The Morgan fingerprint density at radius 3 is 2.96 bits per heavy atom. The van der Waals surface area contributed by atoms with Gasteiger partial charge in [-0.25, -0.2) is 4.98 Å².